The first-order valence-corrected chi connectivity index (χ1v) is 6.22. The summed E-state index contributed by atoms with van der Waals surface area (Å²) in [7, 11) is 2.99. The van der Waals surface area contributed by atoms with Crippen molar-refractivity contribution in [3.05, 3.63) is 17.7 Å². The van der Waals surface area contributed by atoms with E-state index >= 15 is 0 Å². The lowest BCUT2D eigenvalue weighted by atomic mass is 9.92. The molecular formula is C15H19NO4. The lowest BCUT2D eigenvalue weighted by molar-refractivity contribution is 0.112. The van der Waals surface area contributed by atoms with Crippen LogP contribution in [0.3, 0.4) is 0 Å². The van der Waals surface area contributed by atoms with E-state index in [1.54, 1.807) is 12.1 Å². The smallest absolute Gasteiger partial charge is 0.203 e. The Hall–Kier alpha value is -2.22. The van der Waals surface area contributed by atoms with Gasteiger partial charge in [-0.05, 0) is 32.4 Å². The fraction of sp³-hybridized carbons (Fsp3) is 0.467. The molecule has 5 heteroatoms. The van der Waals surface area contributed by atoms with Gasteiger partial charge in [0.05, 0.1) is 32.3 Å². The van der Waals surface area contributed by atoms with Crippen molar-refractivity contribution in [1.82, 2.24) is 0 Å². The number of nitriles is 1. The van der Waals surface area contributed by atoms with E-state index in [4.69, 9.17) is 19.5 Å². The lowest BCUT2D eigenvalue weighted by Crippen LogP contribution is -2.13. The summed E-state index contributed by atoms with van der Waals surface area (Å²) in [5.74, 6) is 1.30. The summed E-state index contributed by atoms with van der Waals surface area (Å²) in [5.41, 5.74) is -0.00755. The molecule has 0 heterocycles. The van der Waals surface area contributed by atoms with Crippen LogP contribution in [0.25, 0.3) is 0 Å². The maximum absolute atomic E-state index is 10.9. The van der Waals surface area contributed by atoms with Gasteiger partial charge in [0.1, 0.15) is 6.29 Å². The van der Waals surface area contributed by atoms with Gasteiger partial charge in [-0.25, -0.2) is 0 Å². The predicted octanol–water partition coefficient (Wildman–Crippen LogP) is 2.83. The first kappa shape index (κ1) is 15.8. The van der Waals surface area contributed by atoms with Crippen LogP contribution in [0, 0.1) is 16.7 Å². The minimum atomic E-state index is -0.455. The maximum Gasteiger partial charge on any atom is 0.203 e. The van der Waals surface area contributed by atoms with Crippen LogP contribution in [0.15, 0.2) is 12.1 Å². The highest BCUT2D eigenvalue weighted by Gasteiger charge is 2.19. The van der Waals surface area contributed by atoms with Crippen molar-refractivity contribution < 1.29 is 19.0 Å². The van der Waals surface area contributed by atoms with Crippen molar-refractivity contribution >= 4 is 6.29 Å². The molecule has 0 saturated carbocycles. The molecule has 0 bridgehead atoms. The molecule has 0 N–H and O–H groups in total. The molecule has 0 aliphatic heterocycles. The van der Waals surface area contributed by atoms with E-state index in [1.807, 2.05) is 13.8 Å². The Labute approximate surface area is 119 Å². The molecule has 1 rings (SSSR count). The zero-order valence-corrected chi connectivity index (χ0v) is 12.2. The fourth-order valence-corrected chi connectivity index (χ4v) is 1.57. The highest BCUT2D eigenvalue weighted by atomic mass is 16.5. The molecule has 5 nitrogen and oxygen atoms in total. The second-order valence-corrected chi connectivity index (χ2v) is 4.97. The number of rotatable bonds is 7. The quantitative estimate of drug-likeness (QED) is 0.717. The third kappa shape index (κ3) is 3.89. The van der Waals surface area contributed by atoms with Crippen LogP contribution in [-0.4, -0.2) is 27.1 Å². The van der Waals surface area contributed by atoms with Crippen LogP contribution in [-0.2, 0) is 0 Å². The van der Waals surface area contributed by atoms with Gasteiger partial charge in [-0.2, -0.15) is 5.26 Å². The van der Waals surface area contributed by atoms with Crippen LogP contribution in [0.2, 0.25) is 0 Å². The summed E-state index contributed by atoms with van der Waals surface area (Å²) >= 11 is 0. The summed E-state index contributed by atoms with van der Waals surface area (Å²) in [6.07, 6.45) is 1.29. The normalized spacial score (nSPS) is 10.6. The summed E-state index contributed by atoms with van der Waals surface area (Å²) in [6, 6.07) is 5.38. The van der Waals surface area contributed by atoms with Gasteiger partial charge < -0.3 is 14.2 Å². The standard InChI is InChI=1S/C15H19NO4/c1-15(2,10-16)5-6-20-14-12(18-3)7-11(9-17)8-13(14)19-4/h7-9H,5-6H2,1-4H3. The molecule has 0 aromatic heterocycles. The molecular weight excluding hydrogens is 258 g/mol. The third-order valence-electron chi connectivity index (χ3n) is 2.90. The van der Waals surface area contributed by atoms with Crippen LogP contribution < -0.4 is 14.2 Å². The molecule has 0 unspecified atom stereocenters. The highest BCUT2D eigenvalue weighted by Crippen LogP contribution is 2.38. The van der Waals surface area contributed by atoms with Gasteiger partial charge in [-0.1, -0.05) is 0 Å². The molecule has 1 aromatic carbocycles. The van der Waals surface area contributed by atoms with E-state index in [1.165, 1.54) is 14.2 Å². The average molecular weight is 277 g/mol. The van der Waals surface area contributed by atoms with Crippen LogP contribution in [0.4, 0.5) is 0 Å². The van der Waals surface area contributed by atoms with Crippen LogP contribution in [0.5, 0.6) is 17.2 Å². The van der Waals surface area contributed by atoms with E-state index in [0.717, 1.165) is 0 Å². The van der Waals surface area contributed by atoms with Crippen molar-refractivity contribution in [1.29, 1.82) is 5.26 Å². The number of benzene rings is 1. The molecule has 0 radical (unpaired) electrons. The van der Waals surface area contributed by atoms with Gasteiger partial charge in [0.25, 0.3) is 0 Å². The van der Waals surface area contributed by atoms with Gasteiger partial charge in [-0.15, -0.1) is 0 Å². The maximum atomic E-state index is 10.9. The van der Waals surface area contributed by atoms with Crippen LogP contribution in [0.1, 0.15) is 30.6 Å². The van der Waals surface area contributed by atoms with Gasteiger partial charge in [-0.3, -0.25) is 4.79 Å². The molecule has 20 heavy (non-hydrogen) atoms. The second kappa shape index (κ2) is 6.80. The predicted molar refractivity (Wildman–Crippen MR) is 74.4 cm³/mol. The highest BCUT2D eigenvalue weighted by molar-refractivity contribution is 5.78. The number of carbonyl (C=O) groups excluding carboxylic acids is 1. The Morgan fingerprint density at radius 3 is 2.20 bits per heavy atom. The summed E-state index contributed by atoms with van der Waals surface area (Å²) < 4.78 is 16.1. The number of hydrogen-bond acceptors (Lipinski definition) is 5. The SMILES string of the molecule is COc1cc(C=O)cc(OC)c1OCCC(C)(C)C#N. The fourth-order valence-electron chi connectivity index (χ4n) is 1.57. The zero-order valence-electron chi connectivity index (χ0n) is 12.2. The Bertz CT molecular complexity index is 492. The average Bonchev–Trinajstić information content (AvgIpc) is 2.46. The Morgan fingerprint density at radius 2 is 1.80 bits per heavy atom. The van der Waals surface area contributed by atoms with Crippen molar-refractivity contribution in [2.45, 2.75) is 20.3 Å². The molecule has 0 spiro atoms. The zero-order chi connectivity index (χ0) is 15.2. The van der Waals surface area contributed by atoms with E-state index in [0.29, 0.717) is 42.1 Å². The van der Waals surface area contributed by atoms with Gasteiger partial charge in [0, 0.05) is 5.56 Å². The number of aldehydes is 1. The number of methoxy groups -OCH3 is 2. The first-order valence-electron chi connectivity index (χ1n) is 6.22. The number of nitrogens with zero attached hydrogens (tertiary/aromatic N) is 1. The van der Waals surface area contributed by atoms with E-state index < -0.39 is 5.41 Å². The molecule has 0 aliphatic carbocycles. The minimum absolute atomic E-state index is 0.355. The Morgan fingerprint density at radius 1 is 1.25 bits per heavy atom. The van der Waals surface area contributed by atoms with E-state index in [-0.39, 0.29) is 0 Å². The first-order chi connectivity index (χ1) is 9.47. The third-order valence-corrected chi connectivity index (χ3v) is 2.90. The summed E-state index contributed by atoms with van der Waals surface area (Å²) in [5, 5.41) is 8.97. The molecule has 0 saturated heterocycles. The topological polar surface area (TPSA) is 68.6 Å². The largest absolute Gasteiger partial charge is 0.493 e. The van der Waals surface area contributed by atoms with Crippen LogP contribution >= 0.6 is 0 Å². The number of carbonyl (C=O) groups is 1. The van der Waals surface area contributed by atoms with E-state index in [9.17, 15) is 4.79 Å². The summed E-state index contributed by atoms with van der Waals surface area (Å²) in [4.78, 5) is 10.9. The Kier molecular flexibility index (Phi) is 5.39. The van der Waals surface area contributed by atoms with Crippen molar-refractivity contribution in [3.8, 4) is 23.3 Å². The van der Waals surface area contributed by atoms with Gasteiger partial charge in [0.15, 0.2) is 11.5 Å². The number of ether oxygens (including phenoxy) is 3. The number of hydrogen-bond donors (Lipinski definition) is 0. The molecule has 0 atom stereocenters. The molecule has 108 valence electrons. The van der Waals surface area contributed by atoms with Gasteiger partial charge in [0.2, 0.25) is 5.75 Å². The van der Waals surface area contributed by atoms with Crippen molar-refractivity contribution in [2.75, 3.05) is 20.8 Å². The molecule has 1 aromatic rings. The molecule has 0 aliphatic rings. The van der Waals surface area contributed by atoms with E-state index in [2.05, 4.69) is 6.07 Å². The van der Waals surface area contributed by atoms with Crippen molar-refractivity contribution in [2.24, 2.45) is 5.41 Å². The molecule has 0 amide bonds. The molecule has 0 fully saturated rings. The van der Waals surface area contributed by atoms with Crippen molar-refractivity contribution in [3.63, 3.8) is 0 Å². The monoisotopic (exact) mass is 277 g/mol. The lowest BCUT2D eigenvalue weighted by Gasteiger charge is -2.18. The minimum Gasteiger partial charge on any atom is -0.493 e. The Balaban J connectivity index is 2.93. The summed E-state index contributed by atoms with van der Waals surface area (Å²) in [6.45, 7) is 4.05. The second-order valence-electron chi connectivity index (χ2n) is 4.97. The van der Waals surface area contributed by atoms with Gasteiger partial charge >= 0.3 is 0 Å².